The fraction of sp³-hybridized carbons (Fsp3) is 0.324. The first-order chi connectivity index (χ1) is 22.4. The van der Waals surface area contributed by atoms with E-state index >= 15 is 0 Å². The summed E-state index contributed by atoms with van der Waals surface area (Å²) in [4.78, 5) is 48.9. The highest BCUT2D eigenvalue weighted by atomic mass is 35.5. The van der Waals surface area contributed by atoms with Crippen molar-refractivity contribution in [3.05, 3.63) is 82.4 Å². The minimum absolute atomic E-state index is 0.0806. The van der Waals surface area contributed by atoms with Gasteiger partial charge in [-0.1, -0.05) is 23.7 Å². The van der Waals surface area contributed by atoms with Gasteiger partial charge in [0.1, 0.15) is 17.0 Å². The normalized spacial score (nSPS) is 11.1. The monoisotopic (exact) mass is 682 g/mol. The fourth-order valence-electron chi connectivity index (χ4n) is 4.06. The molecule has 0 saturated carbocycles. The first kappa shape index (κ1) is 37.2. The number of benzene rings is 3. The van der Waals surface area contributed by atoms with Crippen LogP contribution >= 0.6 is 11.6 Å². The molecule has 0 bridgehead atoms. The number of rotatable bonds is 12. The number of para-hydroxylation sites is 1. The molecule has 0 aliphatic heterocycles. The van der Waals surface area contributed by atoms with Crippen LogP contribution < -0.4 is 25.4 Å². The van der Waals surface area contributed by atoms with E-state index in [9.17, 15) is 19.2 Å². The number of alkyl carbamates (subject to hydrolysis) is 1. The van der Waals surface area contributed by atoms with Gasteiger partial charge in [-0.2, -0.15) is 0 Å². The number of ether oxygens (including phenoxy) is 4. The molecule has 0 unspecified atom stereocenters. The Hall–Kier alpha value is -5.30. The second kappa shape index (κ2) is 16.0. The van der Waals surface area contributed by atoms with Crippen LogP contribution in [-0.4, -0.2) is 59.3 Å². The van der Waals surface area contributed by atoms with Crippen molar-refractivity contribution in [3.63, 3.8) is 0 Å². The molecule has 0 atom stereocenters. The summed E-state index contributed by atoms with van der Waals surface area (Å²) in [5.74, 6) is -2.25. The molecule has 13 nitrogen and oxygen atoms in total. The van der Waals surface area contributed by atoms with Crippen LogP contribution in [0.3, 0.4) is 0 Å². The van der Waals surface area contributed by atoms with Crippen LogP contribution in [0.25, 0.3) is 0 Å². The number of amides is 2. The molecule has 5 N–H and O–H groups in total. The molecule has 3 aromatic carbocycles. The molecule has 3 aromatic rings. The van der Waals surface area contributed by atoms with Gasteiger partial charge in [-0.15, -0.1) is 0 Å². The van der Waals surface area contributed by atoms with Crippen molar-refractivity contribution in [2.24, 2.45) is 0 Å². The molecule has 0 aliphatic carbocycles. The molecule has 3 rings (SSSR count). The predicted octanol–water partition coefficient (Wildman–Crippen LogP) is 6.24. The summed E-state index contributed by atoms with van der Waals surface area (Å²) in [5, 5.41) is 25.9. The maximum absolute atomic E-state index is 13.4. The number of nitrogens with one attached hydrogen (secondary N) is 4. The number of carbonyl (C=O) groups is 4. The Balaban J connectivity index is 1.76. The highest BCUT2D eigenvalue weighted by Gasteiger charge is 2.21. The predicted molar refractivity (Wildman–Crippen MR) is 180 cm³/mol. The van der Waals surface area contributed by atoms with Crippen molar-refractivity contribution in [2.75, 3.05) is 23.8 Å². The number of esters is 1. The lowest BCUT2D eigenvalue weighted by atomic mass is 10.1. The summed E-state index contributed by atoms with van der Waals surface area (Å²) >= 11 is 6.24. The summed E-state index contributed by atoms with van der Waals surface area (Å²) in [6, 6.07) is 15.8. The maximum atomic E-state index is 13.4. The van der Waals surface area contributed by atoms with E-state index < -0.39 is 48.4 Å². The zero-order valence-electron chi connectivity index (χ0n) is 27.5. The van der Waals surface area contributed by atoms with Gasteiger partial charge in [-0.3, -0.25) is 15.5 Å². The number of anilines is 2. The highest BCUT2D eigenvalue weighted by molar-refractivity contribution is 6.31. The van der Waals surface area contributed by atoms with Crippen molar-refractivity contribution in [1.29, 1.82) is 5.41 Å². The third kappa shape index (κ3) is 12.1. The van der Waals surface area contributed by atoms with Gasteiger partial charge >= 0.3 is 18.0 Å². The summed E-state index contributed by atoms with van der Waals surface area (Å²) in [5.41, 5.74) is 0.474. The smallest absolute Gasteiger partial charge is 0.413 e. The van der Waals surface area contributed by atoms with E-state index in [1.165, 1.54) is 12.1 Å². The molecule has 14 heteroatoms. The lowest BCUT2D eigenvalue weighted by Crippen LogP contribution is -2.36. The minimum Gasteiger partial charge on any atom is -0.479 e. The Morgan fingerprint density at radius 2 is 1.52 bits per heavy atom. The second-order valence-corrected chi connectivity index (χ2v) is 12.8. The van der Waals surface area contributed by atoms with Crippen LogP contribution in [0, 0.1) is 5.41 Å². The summed E-state index contributed by atoms with van der Waals surface area (Å²) < 4.78 is 21.7. The summed E-state index contributed by atoms with van der Waals surface area (Å²) in [7, 11) is 0. The van der Waals surface area contributed by atoms with Crippen molar-refractivity contribution in [2.45, 2.75) is 59.3 Å². The van der Waals surface area contributed by atoms with Crippen LogP contribution in [0.1, 0.15) is 63.0 Å². The number of halogens is 1. The molecular weight excluding hydrogens is 644 g/mol. The maximum Gasteiger partial charge on any atom is 0.413 e. The average molecular weight is 683 g/mol. The molecule has 0 fully saturated rings. The van der Waals surface area contributed by atoms with Crippen molar-refractivity contribution in [1.82, 2.24) is 5.32 Å². The zero-order valence-corrected chi connectivity index (χ0v) is 28.2. The average Bonchev–Trinajstić information content (AvgIpc) is 2.97. The number of carboxylic acids is 1. The van der Waals surface area contributed by atoms with E-state index in [1.807, 2.05) is 0 Å². The van der Waals surface area contributed by atoms with Crippen molar-refractivity contribution < 1.29 is 43.2 Å². The van der Waals surface area contributed by atoms with Gasteiger partial charge in [0.2, 0.25) is 0 Å². The Morgan fingerprint density at radius 3 is 2.15 bits per heavy atom. The molecule has 0 aliphatic rings. The second-order valence-electron chi connectivity index (χ2n) is 12.4. The first-order valence-corrected chi connectivity index (χ1v) is 15.1. The molecule has 0 radical (unpaired) electrons. The molecule has 0 spiro atoms. The number of amidine groups is 1. The van der Waals surface area contributed by atoms with Gasteiger partial charge in [0.05, 0.1) is 5.56 Å². The lowest BCUT2D eigenvalue weighted by molar-refractivity contribution is -0.157. The Labute approximate surface area is 283 Å². The third-order valence-corrected chi connectivity index (χ3v) is 6.15. The van der Waals surface area contributed by atoms with Gasteiger partial charge in [0.15, 0.2) is 24.7 Å². The van der Waals surface area contributed by atoms with Crippen molar-refractivity contribution >= 4 is 52.8 Å². The SMILES string of the molecule is CC(C)(C)OC(=O)COc1c(CNc2ccc(Cl)cc2C(=O)Nc2ccc(C(=N)NC(=O)OC(C)(C)C)cc2)cccc1OCC(=O)O. The van der Waals surface area contributed by atoms with Gasteiger partial charge < -0.3 is 34.7 Å². The fourth-order valence-corrected chi connectivity index (χ4v) is 4.24. The highest BCUT2D eigenvalue weighted by Crippen LogP contribution is 2.33. The molecule has 2 amide bonds. The van der Waals surface area contributed by atoms with Gasteiger partial charge in [0, 0.05) is 34.1 Å². The van der Waals surface area contributed by atoms with Crippen molar-refractivity contribution in [3.8, 4) is 11.5 Å². The van der Waals surface area contributed by atoms with Crippen LogP contribution in [-0.2, 0) is 25.6 Å². The van der Waals surface area contributed by atoms with E-state index in [4.69, 9.17) is 41.1 Å². The zero-order chi connectivity index (χ0) is 35.6. The van der Waals surface area contributed by atoms with E-state index in [0.717, 1.165) is 0 Å². The number of carbonyl (C=O) groups excluding carboxylic acids is 3. The molecule has 0 aromatic heterocycles. The Kier molecular flexibility index (Phi) is 12.4. The van der Waals surface area contributed by atoms with Crippen LogP contribution in [0.2, 0.25) is 5.02 Å². The number of hydrogen-bond donors (Lipinski definition) is 5. The minimum atomic E-state index is -1.20. The lowest BCUT2D eigenvalue weighted by Gasteiger charge is -2.21. The summed E-state index contributed by atoms with van der Waals surface area (Å²) in [6.45, 7) is 9.29. The first-order valence-electron chi connectivity index (χ1n) is 14.7. The van der Waals surface area contributed by atoms with Crippen LogP contribution in [0.4, 0.5) is 16.2 Å². The van der Waals surface area contributed by atoms with E-state index in [2.05, 4.69) is 16.0 Å². The molecular formula is C34H39ClN4O9. The van der Waals surface area contributed by atoms with E-state index in [1.54, 1.807) is 90.1 Å². The number of hydrogen-bond acceptors (Lipinski definition) is 10. The standard InChI is InChI=1S/C34H39ClN4O9/c1-33(2,3)47-28(42)19-46-29-21(8-7-9-26(29)45-18-27(40)41)17-37-25-15-12-22(35)16-24(25)31(43)38-23-13-10-20(11-14-23)30(36)39-32(44)48-34(4,5)6/h7-16,37H,17-19H2,1-6H3,(H,38,43)(H,40,41)(H2,36,39,44). The Bertz CT molecular complexity index is 1660. The van der Waals surface area contributed by atoms with E-state index in [-0.39, 0.29) is 29.4 Å². The largest absolute Gasteiger partial charge is 0.479 e. The van der Waals surface area contributed by atoms with Crippen LogP contribution in [0.15, 0.2) is 60.7 Å². The van der Waals surface area contributed by atoms with Gasteiger partial charge in [-0.05, 0) is 90.1 Å². The molecule has 48 heavy (non-hydrogen) atoms. The van der Waals surface area contributed by atoms with Crippen LogP contribution in [0.5, 0.6) is 11.5 Å². The van der Waals surface area contributed by atoms with Gasteiger partial charge in [-0.25, -0.2) is 14.4 Å². The number of aliphatic carboxylic acids is 1. The topological polar surface area (TPSA) is 185 Å². The quantitative estimate of drug-likeness (QED) is 0.0832. The third-order valence-electron chi connectivity index (χ3n) is 5.92. The number of carboxylic acid groups (broad SMARTS) is 1. The van der Waals surface area contributed by atoms with E-state index in [0.29, 0.717) is 27.5 Å². The summed E-state index contributed by atoms with van der Waals surface area (Å²) in [6.07, 6.45) is -0.757. The molecule has 0 heterocycles. The molecule has 0 saturated heterocycles. The van der Waals surface area contributed by atoms with Gasteiger partial charge in [0.25, 0.3) is 5.91 Å². The molecule has 256 valence electrons. The Morgan fingerprint density at radius 1 is 0.854 bits per heavy atom.